The van der Waals surface area contributed by atoms with E-state index in [0.29, 0.717) is 47.5 Å². The molecule has 2 amide bonds. The molecule has 0 spiro atoms. The number of Topliss-reactive ketones (excluding diaryl/α,β-unsaturated/α-hetero) is 2. The number of rotatable bonds is 10. The van der Waals surface area contributed by atoms with Crippen molar-refractivity contribution in [2.75, 3.05) is 82.7 Å². The van der Waals surface area contributed by atoms with Crippen molar-refractivity contribution < 1.29 is 28.7 Å². The van der Waals surface area contributed by atoms with Crippen LogP contribution in [-0.2, 0) is 23.7 Å². The lowest BCUT2D eigenvalue weighted by molar-refractivity contribution is -0.113. The highest BCUT2D eigenvalue weighted by molar-refractivity contribution is 6.48. The predicted octanol–water partition coefficient (Wildman–Crippen LogP) is 9.84. The lowest BCUT2D eigenvalue weighted by Crippen LogP contribution is -2.57. The van der Waals surface area contributed by atoms with E-state index in [2.05, 4.69) is 68.3 Å². The summed E-state index contributed by atoms with van der Waals surface area (Å²) >= 11 is 0. The van der Waals surface area contributed by atoms with E-state index in [-0.39, 0.29) is 12.1 Å². The zero-order chi connectivity index (χ0) is 55.9. The van der Waals surface area contributed by atoms with Crippen LogP contribution in [0.5, 0.6) is 11.5 Å². The van der Waals surface area contributed by atoms with E-state index in [1.807, 2.05) is 137 Å². The second kappa shape index (κ2) is 21.9. The Morgan fingerprint density at radius 2 is 0.887 bits per heavy atom. The molecule has 0 unspecified atom stereocenters. The number of pyridine rings is 2. The number of nitrogens with zero attached hydrogens (tertiary/aromatic N) is 8. The van der Waals surface area contributed by atoms with Gasteiger partial charge in [-0.3, -0.25) is 19.2 Å². The largest absolute Gasteiger partial charge is 0.489 e. The minimum atomic E-state index is -0.679. The molecule has 0 aliphatic carbocycles. The zero-order valence-electron chi connectivity index (χ0n) is 46.5. The summed E-state index contributed by atoms with van der Waals surface area (Å²) in [6.07, 6.45) is 0. The van der Waals surface area contributed by atoms with E-state index in [9.17, 15) is 19.2 Å². The Bertz CT molecular complexity index is 3420. The van der Waals surface area contributed by atoms with Gasteiger partial charge in [-0.15, -0.1) is 0 Å². The standard InChI is InChI=1S/2C32H33N5O3/c2*1-20-14-21(2)33-29(15-20)36-12-13-37-25(18-36)19-40-28-17-24(10-11-27(28)37)34-32(39)31(38)30-26(16-22(3)35(30)4)23-8-6-5-7-9-23/h2*5-11,14-17,25H,12-13,18-19H2,1-4H3,(H,34,39)/t2*25-/m10/s1. The number of benzene rings is 4. The van der Waals surface area contributed by atoms with E-state index in [0.717, 1.165) is 107 Å². The van der Waals surface area contributed by atoms with Crippen molar-refractivity contribution >= 4 is 57.8 Å². The smallest absolute Gasteiger partial charge is 0.298 e. The van der Waals surface area contributed by atoms with E-state index < -0.39 is 23.4 Å². The van der Waals surface area contributed by atoms with Crippen LogP contribution in [0.1, 0.15) is 54.9 Å². The summed E-state index contributed by atoms with van der Waals surface area (Å²) in [5.74, 6) is 0.916. The average Bonchev–Trinajstić information content (AvgIpc) is 4.00. The molecule has 2 N–H and O–H groups in total. The minimum absolute atomic E-state index is 0.197. The molecule has 0 bridgehead atoms. The van der Waals surface area contributed by atoms with Gasteiger partial charge in [-0.25, -0.2) is 9.97 Å². The Morgan fingerprint density at radius 3 is 1.27 bits per heavy atom. The fraction of sp³-hybridized carbons (Fsp3) is 0.281. The molecule has 4 aromatic heterocycles. The molecule has 2 fully saturated rings. The molecule has 2 atom stereocenters. The first-order chi connectivity index (χ1) is 38.6. The van der Waals surface area contributed by atoms with Gasteiger partial charge in [-0.05, 0) is 124 Å². The number of aryl methyl sites for hydroxylation is 6. The second-order valence-electron chi connectivity index (χ2n) is 21.4. The summed E-state index contributed by atoms with van der Waals surface area (Å²) < 4.78 is 15.9. The maximum atomic E-state index is 13.4. The topological polar surface area (TPSA) is 159 Å². The zero-order valence-corrected chi connectivity index (χ0v) is 46.5. The Morgan fingerprint density at radius 1 is 0.487 bits per heavy atom. The van der Waals surface area contributed by atoms with Crippen LogP contribution in [0, 0.1) is 41.5 Å². The molecule has 4 aromatic carbocycles. The number of anilines is 6. The number of carbonyl (C=O) groups excluding carboxylic acids is 4. The van der Waals surface area contributed by atoms with E-state index in [1.165, 1.54) is 11.1 Å². The average molecular weight is 1070 g/mol. The number of hydrogen-bond donors (Lipinski definition) is 2. The number of nitrogens with one attached hydrogen (secondary N) is 2. The third-order valence-electron chi connectivity index (χ3n) is 15.7. The van der Waals surface area contributed by atoms with Crippen molar-refractivity contribution in [1.29, 1.82) is 0 Å². The molecule has 12 rings (SSSR count). The van der Waals surface area contributed by atoms with Gasteiger partial charge >= 0.3 is 0 Å². The van der Waals surface area contributed by atoms with Gasteiger partial charge in [0.25, 0.3) is 23.4 Å². The first-order valence-corrected chi connectivity index (χ1v) is 27.2. The van der Waals surface area contributed by atoms with Gasteiger partial charge in [0.15, 0.2) is 0 Å². The number of fused-ring (bicyclic) bond motifs is 6. The second-order valence-corrected chi connectivity index (χ2v) is 21.4. The molecule has 8 aromatic rings. The predicted molar refractivity (Wildman–Crippen MR) is 315 cm³/mol. The van der Waals surface area contributed by atoms with Crippen LogP contribution in [0.4, 0.5) is 34.4 Å². The highest BCUT2D eigenvalue weighted by atomic mass is 16.5. The Labute approximate surface area is 466 Å². The fourth-order valence-corrected chi connectivity index (χ4v) is 11.5. The van der Waals surface area contributed by atoms with Crippen molar-refractivity contribution in [2.24, 2.45) is 14.1 Å². The van der Waals surface area contributed by atoms with Gasteiger partial charge in [-0.1, -0.05) is 60.7 Å². The number of piperazine rings is 2. The summed E-state index contributed by atoms with van der Waals surface area (Å²) in [5.41, 5.74) is 13.3. The molecule has 8 heterocycles. The van der Waals surface area contributed by atoms with E-state index in [1.54, 1.807) is 23.2 Å². The van der Waals surface area contributed by atoms with Crippen LogP contribution in [0.2, 0.25) is 0 Å². The lowest BCUT2D eigenvalue weighted by Gasteiger charge is -2.46. The van der Waals surface area contributed by atoms with Crippen molar-refractivity contribution in [3.05, 3.63) is 179 Å². The summed E-state index contributed by atoms with van der Waals surface area (Å²) in [7, 11) is 3.61. The molecule has 0 saturated carbocycles. The van der Waals surface area contributed by atoms with Gasteiger partial charge in [0.1, 0.15) is 47.7 Å². The summed E-state index contributed by atoms with van der Waals surface area (Å²) in [6.45, 7) is 18.2. The van der Waals surface area contributed by atoms with E-state index in [4.69, 9.17) is 19.4 Å². The summed E-state index contributed by atoms with van der Waals surface area (Å²) in [6, 6.07) is 43.2. The van der Waals surface area contributed by atoms with Crippen LogP contribution >= 0.6 is 0 Å². The molecular weight excluding hydrogens is 1000 g/mol. The normalized spacial score (nSPS) is 16.1. The maximum Gasteiger partial charge on any atom is 0.298 e. The molecule has 2 saturated heterocycles. The third-order valence-corrected chi connectivity index (χ3v) is 15.7. The maximum absolute atomic E-state index is 13.4. The number of hydrogen-bond acceptors (Lipinski definition) is 12. The molecule has 0 radical (unpaired) electrons. The molecule has 4 aliphatic heterocycles. The molecule has 408 valence electrons. The van der Waals surface area contributed by atoms with Gasteiger partial charge in [0.05, 0.1) is 23.5 Å². The first kappa shape index (κ1) is 52.9. The molecule has 4 aliphatic rings. The van der Waals surface area contributed by atoms with E-state index >= 15 is 0 Å². The van der Waals surface area contributed by atoms with Crippen molar-refractivity contribution in [1.82, 2.24) is 19.1 Å². The minimum Gasteiger partial charge on any atom is -0.489 e. The molecule has 16 heteroatoms. The van der Waals surface area contributed by atoms with Crippen molar-refractivity contribution in [3.8, 4) is 33.8 Å². The van der Waals surface area contributed by atoms with Crippen molar-refractivity contribution in [2.45, 2.75) is 53.6 Å². The SMILES string of the molecule is Cc1cc(C)nc(N2CCN3c4ccc(NC(=O)C(=O)c5c(-c6ccccc6)cc(C)n5C)cc4OC[C@@H]3C2)c1.Cc1cc(C)nc(N2CCN3c4ccc(NC(=O)C(=O)c5c(-c6ccccc6)cc(C)n5C)cc4OC[C@H]3C2)c1. The fourth-order valence-electron chi connectivity index (χ4n) is 11.5. The number of ketones is 2. The van der Waals surface area contributed by atoms with Gasteiger partial charge in [0, 0.05) is 111 Å². The highest BCUT2D eigenvalue weighted by Gasteiger charge is 2.36. The van der Waals surface area contributed by atoms with Gasteiger partial charge in [0.2, 0.25) is 0 Å². The van der Waals surface area contributed by atoms with Crippen LogP contribution in [0.15, 0.2) is 133 Å². The third kappa shape index (κ3) is 10.6. The molecule has 16 nitrogen and oxygen atoms in total. The Hall–Kier alpha value is -9.18. The number of aromatic nitrogens is 4. The molecular formula is C64H66N10O6. The Kier molecular flexibility index (Phi) is 14.5. The summed E-state index contributed by atoms with van der Waals surface area (Å²) in [5, 5.41) is 5.60. The Balaban J connectivity index is 0.000000169. The van der Waals surface area contributed by atoms with Gasteiger partial charge < -0.3 is 48.8 Å². The quantitative estimate of drug-likeness (QED) is 0.0988. The van der Waals surface area contributed by atoms with Crippen LogP contribution in [0.3, 0.4) is 0 Å². The van der Waals surface area contributed by atoms with Crippen molar-refractivity contribution in [3.63, 3.8) is 0 Å². The number of amides is 2. The lowest BCUT2D eigenvalue weighted by atomic mass is 10.0. The first-order valence-electron chi connectivity index (χ1n) is 27.2. The molecule has 80 heavy (non-hydrogen) atoms. The van der Waals surface area contributed by atoms with Gasteiger partial charge in [-0.2, -0.15) is 0 Å². The number of carbonyl (C=O) groups is 4. The van der Waals surface area contributed by atoms with Crippen LogP contribution in [0.25, 0.3) is 22.3 Å². The number of ether oxygens (including phenoxy) is 2. The van der Waals surface area contributed by atoms with Crippen LogP contribution in [-0.4, -0.2) is 107 Å². The van der Waals surface area contributed by atoms with Crippen LogP contribution < -0.4 is 39.7 Å². The monoisotopic (exact) mass is 1070 g/mol. The summed E-state index contributed by atoms with van der Waals surface area (Å²) in [4.78, 5) is 71.9. The highest BCUT2D eigenvalue weighted by Crippen LogP contribution is 2.40.